The first-order valence-corrected chi connectivity index (χ1v) is 8.99. The molecule has 0 aliphatic carbocycles. The van der Waals surface area contributed by atoms with Crippen molar-refractivity contribution >= 4 is 11.9 Å². The lowest BCUT2D eigenvalue weighted by atomic mass is 9.99. The second-order valence-corrected chi connectivity index (χ2v) is 6.36. The maximum atomic E-state index is 11.6. The fourth-order valence-electron chi connectivity index (χ4n) is 3.11. The summed E-state index contributed by atoms with van der Waals surface area (Å²) >= 11 is 0. The van der Waals surface area contributed by atoms with Gasteiger partial charge in [0.15, 0.2) is 5.96 Å². The third-order valence-corrected chi connectivity index (χ3v) is 4.37. The molecule has 2 rings (SSSR count). The van der Waals surface area contributed by atoms with Crippen LogP contribution in [0.2, 0.25) is 0 Å². The first-order chi connectivity index (χ1) is 11.7. The molecule has 5 nitrogen and oxygen atoms in total. The number of carbonyl (C=O) groups excluding carboxylic acids is 1. The minimum absolute atomic E-state index is 0.100. The molecular weight excluding hydrogens is 300 g/mol. The van der Waals surface area contributed by atoms with Gasteiger partial charge in [-0.2, -0.15) is 0 Å². The van der Waals surface area contributed by atoms with Crippen LogP contribution in [-0.2, 0) is 11.2 Å². The average molecular weight is 330 g/mol. The Balaban J connectivity index is 1.73. The van der Waals surface area contributed by atoms with Crippen molar-refractivity contribution in [1.82, 2.24) is 15.5 Å². The summed E-state index contributed by atoms with van der Waals surface area (Å²) in [5.74, 6) is 1.68. The summed E-state index contributed by atoms with van der Waals surface area (Å²) in [6, 6.07) is 10.7. The van der Waals surface area contributed by atoms with Gasteiger partial charge in [-0.05, 0) is 30.7 Å². The maximum absolute atomic E-state index is 11.6. The van der Waals surface area contributed by atoms with Crippen LogP contribution in [0.4, 0.5) is 0 Å². The van der Waals surface area contributed by atoms with Gasteiger partial charge >= 0.3 is 0 Å². The molecule has 1 aliphatic heterocycles. The van der Waals surface area contributed by atoms with Crippen LogP contribution >= 0.6 is 0 Å². The number of amides is 1. The van der Waals surface area contributed by atoms with Crippen molar-refractivity contribution in [2.45, 2.75) is 32.6 Å². The SMILES string of the molecule is CCCNC(=O)CCNC(=NC)N1CCC(Cc2ccccc2)C1. The number of guanidine groups is 1. The first-order valence-electron chi connectivity index (χ1n) is 8.99. The molecule has 132 valence electrons. The Morgan fingerprint density at radius 2 is 2.04 bits per heavy atom. The third-order valence-electron chi connectivity index (χ3n) is 4.37. The van der Waals surface area contributed by atoms with Gasteiger partial charge in [0, 0.05) is 39.6 Å². The molecule has 0 saturated carbocycles. The number of aliphatic imine (C=N–C) groups is 1. The molecule has 1 amide bonds. The summed E-state index contributed by atoms with van der Waals surface area (Å²) in [5.41, 5.74) is 1.40. The zero-order valence-electron chi connectivity index (χ0n) is 14.9. The fraction of sp³-hybridized carbons (Fsp3) is 0.579. The quantitative estimate of drug-likeness (QED) is 0.594. The van der Waals surface area contributed by atoms with Crippen molar-refractivity contribution in [2.75, 3.05) is 33.2 Å². The van der Waals surface area contributed by atoms with Gasteiger partial charge < -0.3 is 15.5 Å². The second kappa shape index (κ2) is 9.96. The number of carbonyl (C=O) groups is 1. The minimum atomic E-state index is 0.100. The van der Waals surface area contributed by atoms with Crippen LogP contribution in [0.3, 0.4) is 0 Å². The third kappa shape index (κ3) is 5.87. The van der Waals surface area contributed by atoms with E-state index in [9.17, 15) is 4.79 Å². The van der Waals surface area contributed by atoms with Crippen molar-refractivity contribution in [3.8, 4) is 0 Å². The molecule has 0 bridgehead atoms. The van der Waals surface area contributed by atoms with Crippen molar-refractivity contribution in [1.29, 1.82) is 0 Å². The molecule has 2 N–H and O–H groups in total. The Kier molecular flexibility index (Phi) is 7.59. The van der Waals surface area contributed by atoms with Crippen LogP contribution in [0.1, 0.15) is 31.7 Å². The molecule has 24 heavy (non-hydrogen) atoms. The lowest BCUT2D eigenvalue weighted by molar-refractivity contribution is -0.120. The largest absolute Gasteiger partial charge is 0.356 e. The Labute approximate surface area is 145 Å². The van der Waals surface area contributed by atoms with Gasteiger partial charge in [0.25, 0.3) is 0 Å². The zero-order chi connectivity index (χ0) is 17.2. The highest BCUT2D eigenvalue weighted by Gasteiger charge is 2.24. The molecule has 1 unspecified atom stereocenters. The summed E-state index contributed by atoms with van der Waals surface area (Å²) in [4.78, 5) is 18.3. The van der Waals surface area contributed by atoms with E-state index in [1.807, 2.05) is 7.05 Å². The monoisotopic (exact) mass is 330 g/mol. The van der Waals surface area contributed by atoms with E-state index >= 15 is 0 Å². The zero-order valence-corrected chi connectivity index (χ0v) is 14.9. The smallest absolute Gasteiger partial charge is 0.221 e. The van der Waals surface area contributed by atoms with Crippen LogP contribution in [0.25, 0.3) is 0 Å². The molecule has 1 fully saturated rings. The highest BCUT2D eigenvalue weighted by Crippen LogP contribution is 2.20. The topological polar surface area (TPSA) is 56.7 Å². The first kappa shape index (κ1) is 18.3. The maximum Gasteiger partial charge on any atom is 0.221 e. The normalized spacial score (nSPS) is 17.8. The van der Waals surface area contributed by atoms with E-state index < -0.39 is 0 Å². The standard InChI is InChI=1S/C19H30N4O/c1-3-11-21-18(24)9-12-22-19(20-2)23-13-10-17(15-23)14-16-7-5-4-6-8-16/h4-8,17H,3,9-15H2,1-2H3,(H,20,22)(H,21,24). The van der Waals surface area contributed by atoms with E-state index in [-0.39, 0.29) is 5.91 Å². The van der Waals surface area contributed by atoms with Crippen molar-refractivity contribution in [2.24, 2.45) is 10.9 Å². The summed E-state index contributed by atoms with van der Waals surface area (Å²) in [6.45, 7) is 5.48. The highest BCUT2D eigenvalue weighted by molar-refractivity contribution is 5.81. The number of rotatable bonds is 7. The number of nitrogens with one attached hydrogen (secondary N) is 2. The van der Waals surface area contributed by atoms with Crippen molar-refractivity contribution in [3.05, 3.63) is 35.9 Å². The molecular formula is C19H30N4O. The van der Waals surface area contributed by atoms with E-state index in [4.69, 9.17) is 0 Å². The van der Waals surface area contributed by atoms with Crippen molar-refractivity contribution < 1.29 is 4.79 Å². The predicted molar refractivity (Wildman–Crippen MR) is 99.1 cm³/mol. The number of nitrogens with zero attached hydrogens (tertiary/aromatic N) is 2. The molecule has 0 aromatic heterocycles. The van der Waals surface area contributed by atoms with Crippen LogP contribution in [0, 0.1) is 5.92 Å². The molecule has 0 radical (unpaired) electrons. The van der Waals surface area contributed by atoms with E-state index in [0.29, 0.717) is 18.9 Å². The summed E-state index contributed by atoms with van der Waals surface area (Å²) in [5, 5.41) is 6.21. The lowest BCUT2D eigenvalue weighted by Gasteiger charge is -2.21. The number of benzene rings is 1. The average Bonchev–Trinajstić information content (AvgIpc) is 3.06. The number of likely N-dealkylation sites (tertiary alicyclic amines) is 1. The number of hydrogen-bond acceptors (Lipinski definition) is 2. The summed E-state index contributed by atoms with van der Waals surface area (Å²) in [7, 11) is 1.81. The molecule has 1 aliphatic rings. The van der Waals surface area contributed by atoms with E-state index in [1.165, 1.54) is 12.0 Å². The molecule has 1 heterocycles. The summed E-state index contributed by atoms with van der Waals surface area (Å²) in [6.07, 6.45) is 3.76. The van der Waals surface area contributed by atoms with Crippen LogP contribution in [0.15, 0.2) is 35.3 Å². The fourth-order valence-corrected chi connectivity index (χ4v) is 3.11. The number of hydrogen-bond donors (Lipinski definition) is 2. The van der Waals surface area contributed by atoms with Crippen LogP contribution in [-0.4, -0.2) is 50.0 Å². The molecule has 1 atom stereocenters. The minimum Gasteiger partial charge on any atom is -0.356 e. The van der Waals surface area contributed by atoms with Gasteiger partial charge in [-0.15, -0.1) is 0 Å². The Bertz CT molecular complexity index is 529. The van der Waals surface area contributed by atoms with Gasteiger partial charge in [0.2, 0.25) is 5.91 Å². The van der Waals surface area contributed by atoms with Gasteiger partial charge in [0.1, 0.15) is 0 Å². The second-order valence-electron chi connectivity index (χ2n) is 6.36. The molecule has 1 saturated heterocycles. The van der Waals surface area contributed by atoms with E-state index in [1.54, 1.807) is 0 Å². The Hall–Kier alpha value is -2.04. The van der Waals surface area contributed by atoms with E-state index in [0.717, 1.165) is 38.4 Å². The van der Waals surface area contributed by atoms with E-state index in [2.05, 4.69) is 57.8 Å². The molecule has 5 heteroatoms. The van der Waals surface area contributed by atoms with Crippen LogP contribution < -0.4 is 10.6 Å². The summed E-state index contributed by atoms with van der Waals surface area (Å²) < 4.78 is 0. The van der Waals surface area contributed by atoms with Gasteiger partial charge in [-0.1, -0.05) is 37.3 Å². The van der Waals surface area contributed by atoms with Gasteiger partial charge in [-0.3, -0.25) is 9.79 Å². The molecule has 1 aromatic carbocycles. The Morgan fingerprint density at radius 1 is 1.25 bits per heavy atom. The van der Waals surface area contributed by atoms with Gasteiger partial charge in [0.05, 0.1) is 0 Å². The van der Waals surface area contributed by atoms with Crippen molar-refractivity contribution in [3.63, 3.8) is 0 Å². The van der Waals surface area contributed by atoms with Gasteiger partial charge in [-0.25, -0.2) is 0 Å². The Morgan fingerprint density at radius 3 is 2.75 bits per heavy atom. The lowest BCUT2D eigenvalue weighted by Crippen LogP contribution is -2.41. The highest BCUT2D eigenvalue weighted by atomic mass is 16.1. The molecule has 0 spiro atoms. The van der Waals surface area contributed by atoms with Crippen LogP contribution in [0.5, 0.6) is 0 Å². The predicted octanol–water partition coefficient (Wildman–Crippen LogP) is 2.04. The molecule has 1 aromatic rings.